The predicted octanol–water partition coefficient (Wildman–Crippen LogP) is 10.8. The summed E-state index contributed by atoms with van der Waals surface area (Å²) in [5.41, 5.74) is 8.18. The molecule has 69 heavy (non-hydrogen) atoms. The molecule has 2 saturated carbocycles. The van der Waals surface area contributed by atoms with E-state index < -0.39 is 25.4 Å². The van der Waals surface area contributed by atoms with Crippen molar-refractivity contribution in [2.45, 2.75) is 63.6 Å². The number of rotatable bonds is 10. The van der Waals surface area contributed by atoms with E-state index in [0.717, 1.165) is 55.1 Å². The van der Waals surface area contributed by atoms with Crippen molar-refractivity contribution in [1.82, 2.24) is 49.9 Å². The van der Waals surface area contributed by atoms with Crippen molar-refractivity contribution in [2.75, 3.05) is 36.0 Å². The van der Waals surface area contributed by atoms with Crippen molar-refractivity contribution in [3.05, 3.63) is 104 Å². The zero-order valence-electron chi connectivity index (χ0n) is 36.1. The van der Waals surface area contributed by atoms with Crippen molar-refractivity contribution in [1.29, 1.82) is 0 Å². The molecule has 368 valence electrons. The molecule has 6 aromatic rings. The highest BCUT2D eigenvalue weighted by atomic mass is 79.9. The van der Waals surface area contributed by atoms with E-state index in [2.05, 4.69) is 66.3 Å². The van der Waals surface area contributed by atoms with Gasteiger partial charge in [-0.1, -0.05) is 58.5 Å². The Balaban J connectivity index is 0.000000154. The van der Waals surface area contributed by atoms with Crippen LogP contribution in [0.15, 0.2) is 77.8 Å². The molecule has 4 bridgehead atoms. The number of anilines is 2. The lowest BCUT2D eigenvalue weighted by Gasteiger charge is -2.38. The van der Waals surface area contributed by atoms with Gasteiger partial charge in [-0.25, -0.2) is 9.36 Å². The summed E-state index contributed by atoms with van der Waals surface area (Å²) in [6.45, 7) is 1.12. The van der Waals surface area contributed by atoms with Crippen molar-refractivity contribution >= 4 is 73.7 Å². The van der Waals surface area contributed by atoms with E-state index in [1.54, 1.807) is 54.9 Å². The number of piperidine rings is 2. The molecule has 10 rings (SSSR count). The lowest BCUT2D eigenvalue weighted by molar-refractivity contribution is -0.144. The van der Waals surface area contributed by atoms with E-state index >= 15 is 0 Å². The largest absolute Gasteiger partial charge is 0.424 e. The highest BCUT2D eigenvalue weighted by molar-refractivity contribution is 9.10. The quantitative estimate of drug-likeness (QED) is 0.129. The smallest absolute Gasteiger partial charge is 0.408 e. The SMILES string of the molecule is FC(F)(F)Cn1nc(Br)nc1Oc1cccc(Cl)c1.FC(F)(F)Cn1nc(CC2C3CCC2CN(c2cnnc(Cl)c2)C3)nc1Oc1cccc(Cl)c1.NC1C2CCC1CN(c1cnnc(Cl)c1)C2. The number of aromatic nitrogens is 10. The summed E-state index contributed by atoms with van der Waals surface area (Å²) in [5.74, 6) is 3.21. The first-order chi connectivity index (χ1) is 32.8. The molecule has 4 fully saturated rings. The van der Waals surface area contributed by atoms with Gasteiger partial charge in [-0.05, 0) is 108 Å². The van der Waals surface area contributed by atoms with E-state index in [1.165, 1.54) is 25.0 Å². The van der Waals surface area contributed by atoms with Crippen LogP contribution in [0.1, 0.15) is 31.5 Å². The Labute approximate surface area is 419 Å². The zero-order chi connectivity index (χ0) is 49.0. The number of hydrogen-bond acceptors (Lipinski definition) is 13. The van der Waals surface area contributed by atoms with Gasteiger partial charge in [-0.3, -0.25) is 0 Å². The van der Waals surface area contributed by atoms with E-state index in [1.807, 2.05) is 6.07 Å². The van der Waals surface area contributed by atoms with Gasteiger partial charge in [0.1, 0.15) is 24.6 Å². The topological polar surface area (TPSA) is 164 Å². The molecule has 2 aromatic carbocycles. The van der Waals surface area contributed by atoms with Crippen molar-refractivity contribution in [3.8, 4) is 23.5 Å². The van der Waals surface area contributed by atoms with Crippen LogP contribution in [0, 0.1) is 29.6 Å². The van der Waals surface area contributed by atoms with Crippen LogP contribution in [0.3, 0.4) is 0 Å². The molecule has 0 radical (unpaired) electrons. The molecule has 2 aliphatic carbocycles. The first-order valence-corrected chi connectivity index (χ1v) is 23.9. The minimum atomic E-state index is -4.46. The molecule has 26 heteroatoms. The number of hydrogen-bond donors (Lipinski definition) is 1. The summed E-state index contributed by atoms with van der Waals surface area (Å²) in [5, 5.41) is 24.7. The number of halogens is 11. The summed E-state index contributed by atoms with van der Waals surface area (Å²) < 4.78 is 88.8. The van der Waals surface area contributed by atoms with Crippen molar-refractivity contribution < 1.29 is 35.8 Å². The maximum Gasteiger partial charge on any atom is 0.408 e. The monoisotopic (exact) mass is 1110 g/mol. The molecule has 4 aromatic heterocycles. The lowest BCUT2D eigenvalue weighted by atomic mass is 9.82. The average Bonchev–Trinajstić information content (AvgIpc) is 3.91. The second-order valence-corrected chi connectivity index (χ2v) is 19.4. The third-order valence-electron chi connectivity index (χ3n) is 12.3. The Hall–Kier alpha value is -4.74. The van der Waals surface area contributed by atoms with Gasteiger partial charge in [-0.15, -0.1) is 15.3 Å². The van der Waals surface area contributed by atoms with Crippen LogP contribution >= 0.6 is 62.3 Å². The summed E-state index contributed by atoms with van der Waals surface area (Å²) in [4.78, 5) is 12.7. The Morgan fingerprint density at radius 3 is 1.54 bits per heavy atom. The van der Waals surface area contributed by atoms with E-state index in [-0.39, 0.29) is 28.4 Å². The van der Waals surface area contributed by atoms with Gasteiger partial charge in [0.2, 0.25) is 4.73 Å². The van der Waals surface area contributed by atoms with Crippen molar-refractivity contribution in [2.24, 2.45) is 35.3 Å². The van der Waals surface area contributed by atoms with Crippen molar-refractivity contribution in [3.63, 3.8) is 0 Å². The third kappa shape index (κ3) is 13.8. The summed E-state index contributed by atoms with van der Waals surface area (Å²) in [6.07, 6.45) is -0.284. The molecule has 2 aliphatic heterocycles. The Morgan fingerprint density at radius 1 is 0.623 bits per heavy atom. The molecule has 4 unspecified atom stereocenters. The first kappa shape index (κ1) is 50.6. The van der Waals surface area contributed by atoms with Crippen LogP contribution < -0.4 is 25.0 Å². The normalized spacial score (nSPS) is 21.9. The molecular formula is C43H42BrCl4F6N13O2. The van der Waals surface area contributed by atoms with Crippen LogP contribution in [0.5, 0.6) is 23.5 Å². The van der Waals surface area contributed by atoms with E-state index in [0.29, 0.717) is 72.7 Å². The van der Waals surface area contributed by atoms with Gasteiger partial charge in [0.05, 0.1) is 23.8 Å². The predicted molar refractivity (Wildman–Crippen MR) is 249 cm³/mol. The van der Waals surface area contributed by atoms with Crippen LogP contribution in [0.25, 0.3) is 0 Å². The highest BCUT2D eigenvalue weighted by Gasteiger charge is 2.43. The fraction of sp³-hybridized carbons (Fsp3) is 0.442. The second-order valence-electron chi connectivity index (χ2n) is 17.1. The Morgan fingerprint density at radius 2 is 1.07 bits per heavy atom. The van der Waals surface area contributed by atoms with Crippen LogP contribution in [-0.2, 0) is 19.5 Å². The van der Waals surface area contributed by atoms with Gasteiger partial charge in [0.15, 0.2) is 16.1 Å². The maximum atomic E-state index is 13.2. The van der Waals surface area contributed by atoms with Gasteiger partial charge in [0.25, 0.3) is 0 Å². The summed E-state index contributed by atoms with van der Waals surface area (Å²) in [6, 6.07) is 16.3. The number of benzene rings is 2. The second kappa shape index (κ2) is 21.7. The number of nitrogens with two attached hydrogens (primary N) is 1. The standard InChI is InChI=1S/C22H21Cl2F3N6O.C11H15ClN4.C10H6BrClF3N3O/c23-15-2-1-3-17(6-15)34-21-29-20(31-33(21)12-22(25,26)27)8-18-13-4-5-14(18)11-32(10-13)16-7-19(24)30-28-9-16;12-10-3-9(4-14-15-10)16-5-7-1-2-8(6-16)11(7)13;11-8-16-9(18(17-8)5-10(13,14)15)19-7-3-1-2-6(12)4-7/h1-3,6-7,9,13-14,18H,4-5,8,10-12H2;3-4,7-8,11H,1-2,5-6,13H2;1-4H,5H2. The van der Waals surface area contributed by atoms with Crippen LogP contribution in [0.4, 0.5) is 37.7 Å². The number of alkyl halides is 6. The number of ether oxygens (including phenoxy) is 2. The fourth-order valence-electron chi connectivity index (χ4n) is 9.30. The minimum absolute atomic E-state index is 0.00813. The zero-order valence-corrected chi connectivity index (χ0v) is 40.7. The molecule has 4 atom stereocenters. The minimum Gasteiger partial charge on any atom is -0.424 e. The molecule has 15 nitrogen and oxygen atoms in total. The fourth-order valence-corrected chi connectivity index (χ4v) is 10.3. The van der Waals surface area contributed by atoms with Gasteiger partial charge in [-0.2, -0.15) is 51.6 Å². The molecular weight excluding hydrogens is 1070 g/mol. The van der Waals surface area contributed by atoms with Crippen LogP contribution in [-0.4, -0.2) is 94.5 Å². The Bertz CT molecular complexity index is 2670. The lowest BCUT2D eigenvalue weighted by Crippen LogP contribution is -2.48. The summed E-state index contributed by atoms with van der Waals surface area (Å²) in [7, 11) is 0. The molecule has 4 aliphatic rings. The first-order valence-electron chi connectivity index (χ1n) is 21.6. The van der Waals surface area contributed by atoms with E-state index in [9.17, 15) is 26.3 Å². The molecule has 2 saturated heterocycles. The molecule has 2 N–H and O–H groups in total. The van der Waals surface area contributed by atoms with Crippen LogP contribution in [0.2, 0.25) is 20.4 Å². The third-order valence-corrected chi connectivity index (χ3v) is 13.4. The summed E-state index contributed by atoms with van der Waals surface area (Å²) >= 11 is 26.5. The molecule has 6 heterocycles. The Kier molecular flexibility index (Phi) is 15.9. The average molecular weight is 1110 g/mol. The maximum absolute atomic E-state index is 13.2. The molecule has 0 amide bonds. The molecule has 0 spiro atoms. The highest BCUT2D eigenvalue weighted by Crippen LogP contribution is 2.45. The van der Waals surface area contributed by atoms with Gasteiger partial charge < -0.3 is 25.0 Å². The van der Waals surface area contributed by atoms with Gasteiger partial charge >= 0.3 is 24.4 Å². The number of fused-ring (bicyclic) bond motifs is 4. The van der Waals surface area contributed by atoms with Gasteiger partial charge in [0, 0.05) is 60.8 Å². The van der Waals surface area contributed by atoms with E-state index in [4.69, 9.17) is 61.6 Å². The number of nitrogens with zero attached hydrogens (tertiary/aromatic N) is 12.